The van der Waals surface area contributed by atoms with Gasteiger partial charge >= 0.3 is 5.97 Å². The minimum Gasteiger partial charge on any atom is -0.493 e. The van der Waals surface area contributed by atoms with Crippen LogP contribution in [0.5, 0.6) is 23.0 Å². The van der Waals surface area contributed by atoms with Crippen LogP contribution in [0.3, 0.4) is 0 Å². The third-order valence-electron chi connectivity index (χ3n) is 6.46. The monoisotopic (exact) mass is 519 g/mol. The second-order valence-electron chi connectivity index (χ2n) is 8.83. The number of carbonyl (C=O) groups excluding carboxylic acids is 2. The van der Waals surface area contributed by atoms with E-state index in [4.69, 9.17) is 23.7 Å². The maximum atomic E-state index is 13.6. The van der Waals surface area contributed by atoms with E-state index in [1.54, 1.807) is 57.2 Å². The molecule has 38 heavy (non-hydrogen) atoms. The number of methoxy groups -OCH3 is 2. The molecule has 0 saturated carbocycles. The molecule has 0 saturated heterocycles. The number of esters is 1. The van der Waals surface area contributed by atoms with Crippen LogP contribution in [-0.4, -0.2) is 56.9 Å². The molecule has 3 aromatic carbocycles. The highest BCUT2D eigenvalue weighted by molar-refractivity contribution is 5.89. The van der Waals surface area contributed by atoms with Crippen molar-refractivity contribution in [2.75, 3.05) is 34.0 Å². The summed E-state index contributed by atoms with van der Waals surface area (Å²) in [6.07, 6.45) is -0.0324. The molecule has 1 heterocycles. The van der Waals surface area contributed by atoms with Gasteiger partial charge in [0, 0.05) is 6.54 Å². The van der Waals surface area contributed by atoms with Crippen molar-refractivity contribution in [1.82, 2.24) is 4.90 Å². The van der Waals surface area contributed by atoms with Crippen molar-refractivity contribution in [1.29, 1.82) is 0 Å². The van der Waals surface area contributed by atoms with Crippen molar-refractivity contribution in [3.05, 3.63) is 83.4 Å². The summed E-state index contributed by atoms with van der Waals surface area (Å²) in [7, 11) is 3.19. The first-order valence-corrected chi connectivity index (χ1v) is 12.6. The van der Waals surface area contributed by atoms with Gasteiger partial charge in [0.15, 0.2) is 17.6 Å². The zero-order chi connectivity index (χ0) is 27.1. The summed E-state index contributed by atoms with van der Waals surface area (Å²) in [6, 6.07) is 19.5. The van der Waals surface area contributed by atoms with E-state index in [-0.39, 0.29) is 18.5 Å². The average Bonchev–Trinajstić information content (AvgIpc) is 2.95. The van der Waals surface area contributed by atoms with E-state index in [0.29, 0.717) is 48.1 Å². The van der Waals surface area contributed by atoms with Gasteiger partial charge in [0.1, 0.15) is 18.1 Å². The molecule has 200 valence electrons. The van der Waals surface area contributed by atoms with Crippen LogP contribution in [0.4, 0.5) is 0 Å². The molecule has 0 spiro atoms. The fourth-order valence-corrected chi connectivity index (χ4v) is 4.54. The molecule has 8 heteroatoms. The topological polar surface area (TPSA) is 83.5 Å². The molecule has 1 aliphatic rings. The summed E-state index contributed by atoms with van der Waals surface area (Å²) in [5, 5.41) is 0. The Bertz CT molecular complexity index is 1240. The largest absolute Gasteiger partial charge is 0.493 e. The van der Waals surface area contributed by atoms with E-state index < -0.39 is 12.1 Å². The van der Waals surface area contributed by atoms with Gasteiger partial charge in [0.25, 0.3) is 5.91 Å². The van der Waals surface area contributed by atoms with Crippen molar-refractivity contribution in [3.8, 4) is 23.0 Å². The molecular weight excluding hydrogens is 486 g/mol. The lowest BCUT2D eigenvalue weighted by atomic mass is 9.91. The van der Waals surface area contributed by atoms with Crippen molar-refractivity contribution in [3.63, 3.8) is 0 Å². The third-order valence-corrected chi connectivity index (χ3v) is 6.46. The van der Waals surface area contributed by atoms with Crippen LogP contribution in [0.15, 0.2) is 66.7 Å². The SMILES string of the molecule is CCOC(=O)c1ccc(OC[C@H]2c3cc(OC)c(OC)cc3CCN2C(=O)[C@@H](C)Oc2ccccc2)cc1. The number of para-hydroxylation sites is 1. The third kappa shape index (κ3) is 6.02. The van der Waals surface area contributed by atoms with Gasteiger partial charge in [-0.3, -0.25) is 4.79 Å². The van der Waals surface area contributed by atoms with Gasteiger partial charge in [0.05, 0.1) is 32.4 Å². The van der Waals surface area contributed by atoms with Crippen LogP contribution in [-0.2, 0) is 16.0 Å². The predicted octanol–water partition coefficient (Wildman–Crippen LogP) is 4.85. The molecule has 1 amide bonds. The molecule has 0 unspecified atom stereocenters. The molecule has 0 aliphatic carbocycles. The van der Waals surface area contributed by atoms with E-state index in [2.05, 4.69) is 0 Å². The second-order valence-corrected chi connectivity index (χ2v) is 8.83. The molecule has 4 rings (SSSR count). The molecule has 1 aliphatic heterocycles. The first-order chi connectivity index (χ1) is 18.4. The number of amides is 1. The molecule has 0 N–H and O–H groups in total. The first-order valence-electron chi connectivity index (χ1n) is 12.6. The van der Waals surface area contributed by atoms with Gasteiger partial charge in [-0.05, 0) is 79.9 Å². The van der Waals surface area contributed by atoms with Crippen LogP contribution in [0, 0.1) is 0 Å². The Morgan fingerprint density at radius 1 is 0.947 bits per heavy atom. The quantitative estimate of drug-likeness (QED) is 0.354. The number of rotatable bonds is 10. The normalized spacial score (nSPS) is 15.2. The van der Waals surface area contributed by atoms with Crippen LogP contribution in [0.1, 0.15) is 41.4 Å². The molecule has 8 nitrogen and oxygen atoms in total. The maximum Gasteiger partial charge on any atom is 0.338 e. The van der Waals surface area contributed by atoms with Crippen LogP contribution in [0.25, 0.3) is 0 Å². The molecule has 2 atom stereocenters. The maximum absolute atomic E-state index is 13.6. The Kier molecular flexibility index (Phi) is 8.73. The summed E-state index contributed by atoms with van der Waals surface area (Å²) in [5.41, 5.74) is 2.44. The highest BCUT2D eigenvalue weighted by Gasteiger charge is 2.35. The Labute approximate surface area is 223 Å². The number of hydrogen-bond donors (Lipinski definition) is 0. The summed E-state index contributed by atoms with van der Waals surface area (Å²) in [6.45, 7) is 4.53. The van der Waals surface area contributed by atoms with Crippen molar-refractivity contribution < 1.29 is 33.3 Å². The van der Waals surface area contributed by atoms with E-state index in [9.17, 15) is 9.59 Å². The summed E-state index contributed by atoms with van der Waals surface area (Å²) < 4.78 is 28.2. The summed E-state index contributed by atoms with van der Waals surface area (Å²) in [5.74, 6) is 1.91. The Hall–Kier alpha value is -4.20. The summed E-state index contributed by atoms with van der Waals surface area (Å²) >= 11 is 0. The molecule has 0 fully saturated rings. The highest BCUT2D eigenvalue weighted by Crippen LogP contribution is 2.39. The van der Waals surface area contributed by atoms with Crippen LogP contribution >= 0.6 is 0 Å². The standard InChI is InChI=1S/C30H33NO7/c1-5-36-30(33)21-11-13-23(14-12-21)37-19-26-25-18-28(35-4)27(34-3)17-22(25)15-16-31(26)29(32)20(2)38-24-9-7-6-8-10-24/h6-14,17-18,20,26H,5,15-16,19H2,1-4H3/t20-,26+/m1/s1. The Morgan fingerprint density at radius 3 is 2.29 bits per heavy atom. The average molecular weight is 520 g/mol. The lowest BCUT2D eigenvalue weighted by Gasteiger charge is -2.38. The number of hydrogen-bond acceptors (Lipinski definition) is 7. The number of carbonyl (C=O) groups is 2. The zero-order valence-electron chi connectivity index (χ0n) is 22.1. The molecule has 3 aromatic rings. The minimum atomic E-state index is -0.689. The molecule has 0 radical (unpaired) electrons. The van der Waals surface area contributed by atoms with Gasteiger partial charge in [-0.2, -0.15) is 0 Å². The van der Waals surface area contributed by atoms with Crippen LogP contribution < -0.4 is 18.9 Å². The number of nitrogens with zero attached hydrogens (tertiary/aromatic N) is 1. The van der Waals surface area contributed by atoms with Crippen molar-refractivity contribution in [2.24, 2.45) is 0 Å². The zero-order valence-corrected chi connectivity index (χ0v) is 22.1. The van der Waals surface area contributed by atoms with Crippen LogP contribution in [0.2, 0.25) is 0 Å². The number of ether oxygens (including phenoxy) is 5. The van der Waals surface area contributed by atoms with Gasteiger partial charge in [-0.15, -0.1) is 0 Å². The van der Waals surface area contributed by atoms with E-state index in [1.807, 2.05) is 42.5 Å². The van der Waals surface area contributed by atoms with Gasteiger partial charge in [0.2, 0.25) is 0 Å². The molecule has 0 aromatic heterocycles. The van der Waals surface area contributed by atoms with E-state index >= 15 is 0 Å². The van der Waals surface area contributed by atoms with Gasteiger partial charge < -0.3 is 28.6 Å². The molecule has 0 bridgehead atoms. The van der Waals surface area contributed by atoms with E-state index in [0.717, 1.165) is 11.1 Å². The smallest absolute Gasteiger partial charge is 0.338 e. The van der Waals surface area contributed by atoms with Gasteiger partial charge in [-0.1, -0.05) is 18.2 Å². The second kappa shape index (κ2) is 12.4. The molecular formula is C30H33NO7. The fraction of sp³-hybridized carbons (Fsp3) is 0.333. The Balaban J connectivity index is 1.59. The lowest BCUT2D eigenvalue weighted by Crippen LogP contribution is -2.47. The minimum absolute atomic E-state index is 0.138. The fourth-order valence-electron chi connectivity index (χ4n) is 4.54. The predicted molar refractivity (Wildman–Crippen MR) is 142 cm³/mol. The first kappa shape index (κ1) is 26.9. The van der Waals surface area contributed by atoms with Crippen molar-refractivity contribution >= 4 is 11.9 Å². The number of benzene rings is 3. The highest BCUT2D eigenvalue weighted by atomic mass is 16.5. The van der Waals surface area contributed by atoms with Crippen molar-refractivity contribution in [2.45, 2.75) is 32.4 Å². The van der Waals surface area contributed by atoms with E-state index in [1.165, 1.54) is 0 Å². The summed E-state index contributed by atoms with van der Waals surface area (Å²) in [4.78, 5) is 27.4. The number of fused-ring (bicyclic) bond motifs is 1. The van der Waals surface area contributed by atoms with Gasteiger partial charge in [-0.25, -0.2) is 4.79 Å². The lowest BCUT2D eigenvalue weighted by molar-refractivity contribution is -0.141. The Morgan fingerprint density at radius 2 is 1.63 bits per heavy atom.